The zero-order valence-electron chi connectivity index (χ0n) is 22.4. The van der Waals surface area contributed by atoms with Crippen LogP contribution in [0, 0.1) is 0 Å². The molecule has 1 N–H and O–H groups in total. The molecule has 0 aromatic heterocycles. The molecule has 0 bridgehead atoms. The van der Waals surface area contributed by atoms with E-state index in [9.17, 15) is 9.59 Å². The van der Waals surface area contributed by atoms with Crippen LogP contribution in [0.4, 0.5) is 4.79 Å². The van der Waals surface area contributed by atoms with E-state index in [2.05, 4.69) is 62.5 Å². The number of nitrogens with one attached hydrogen (secondary N) is 1. The molecule has 5 rings (SSSR count). The summed E-state index contributed by atoms with van der Waals surface area (Å²) < 4.78 is 0. The molecule has 1 aliphatic carbocycles. The number of piperidine rings is 1. The van der Waals surface area contributed by atoms with Crippen LogP contribution < -0.4 is 5.32 Å². The predicted octanol–water partition coefficient (Wildman–Crippen LogP) is 5.60. The van der Waals surface area contributed by atoms with Gasteiger partial charge in [0.15, 0.2) is 0 Å². The van der Waals surface area contributed by atoms with Gasteiger partial charge in [-0.2, -0.15) is 0 Å². The zero-order valence-corrected chi connectivity index (χ0v) is 22.4. The molecule has 3 amide bonds. The molecule has 3 fully saturated rings. The largest absolute Gasteiger partial charge is 0.350 e. The van der Waals surface area contributed by atoms with Gasteiger partial charge in [-0.1, -0.05) is 61.7 Å². The first kappa shape index (κ1) is 25.8. The molecule has 6 heteroatoms. The number of urea groups is 1. The Morgan fingerprint density at radius 1 is 0.892 bits per heavy atom. The van der Waals surface area contributed by atoms with Crippen molar-refractivity contribution in [3.05, 3.63) is 71.3 Å². The van der Waals surface area contributed by atoms with Gasteiger partial charge in [-0.15, -0.1) is 0 Å². The molecule has 2 heterocycles. The quantitative estimate of drug-likeness (QED) is 0.536. The van der Waals surface area contributed by atoms with Gasteiger partial charge in [0.25, 0.3) is 5.91 Å². The fourth-order valence-corrected chi connectivity index (χ4v) is 6.40. The summed E-state index contributed by atoms with van der Waals surface area (Å²) in [7, 11) is 0. The molecule has 0 radical (unpaired) electrons. The molecule has 37 heavy (non-hydrogen) atoms. The lowest BCUT2D eigenvalue weighted by Gasteiger charge is -2.39. The van der Waals surface area contributed by atoms with Crippen LogP contribution in [0.1, 0.15) is 86.3 Å². The fourth-order valence-electron chi connectivity index (χ4n) is 6.40. The third kappa shape index (κ3) is 6.01. The lowest BCUT2D eigenvalue weighted by molar-refractivity contribution is 0.0942. The Hall–Kier alpha value is -2.86. The monoisotopic (exact) mass is 502 g/mol. The maximum Gasteiger partial charge on any atom is 0.321 e. The van der Waals surface area contributed by atoms with Crippen molar-refractivity contribution >= 4 is 11.9 Å². The second-order valence-electron chi connectivity index (χ2n) is 11.4. The van der Waals surface area contributed by atoms with Gasteiger partial charge in [0.05, 0.1) is 6.04 Å². The molecule has 2 saturated heterocycles. The van der Waals surface area contributed by atoms with Gasteiger partial charge in [-0.05, 0) is 62.8 Å². The second kappa shape index (κ2) is 11.7. The van der Waals surface area contributed by atoms with Crippen LogP contribution in [-0.4, -0.2) is 64.4 Å². The summed E-state index contributed by atoms with van der Waals surface area (Å²) in [4.78, 5) is 33.0. The van der Waals surface area contributed by atoms with Gasteiger partial charge in [-0.25, -0.2) is 4.79 Å². The zero-order chi connectivity index (χ0) is 25.8. The van der Waals surface area contributed by atoms with Crippen molar-refractivity contribution in [2.45, 2.75) is 89.5 Å². The SMILES string of the molecule is CC(C)NC(=O)c1ccc(CN2CCC(N3C(=O)N(C4CCCCC4)CC3c3ccccc3)CC2)cc1. The van der Waals surface area contributed by atoms with Crippen molar-refractivity contribution in [1.29, 1.82) is 0 Å². The lowest BCUT2D eigenvalue weighted by Crippen LogP contribution is -2.48. The van der Waals surface area contributed by atoms with E-state index in [4.69, 9.17) is 0 Å². The van der Waals surface area contributed by atoms with Crippen LogP contribution in [0.25, 0.3) is 0 Å². The van der Waals surface area contributed by atoms with Crippen molar-refractivity contribution < 1.29 is 9.59 Å². The minimum Gasteiger partial charge on any atom is -0.350 e. The molecule has 2 aliphatic heterocycles. The van der Waals surface area contributed by atoms with E-state index in [-0.39, 0.29) is 30.1 Å². The minimum atomic E-state index is -0.0205. The Bertz CT molecular complexity index is 1040. The van der Waals surface area contributed by atoms with Crippen molar-refractivity contribution in [3.8, 4) is 0 Å². The highest BCUT2D eigenvalue weighted by Gasteiger charge is 2.45. The molecule has 198 valence electrons. The van der Waals surface area contributed by atoms with Crippen LogP contribution in [0.15, 0.2) is 54.6 Å². The second-order valence-corrected chi connectivity index (χ2v) is 11.4. The van der Waals surface area contributed by atoms with E-state index < -0.39 is 0 Å². The minimum absolute atomic E-state index is 0.0205. The van der Waals surface area contributed by atoms with Crippen LogP contribution in [0.3, 0.4) is 0 Å². The number of carbonyl (C=O) groups is 2. The Labute approximate surface area is 222 Å². The number of nitrogens with zero attached hydrogens (tertiary/aromatic N) is 3. The van der Waals surface area contributed by atoms with Gasteiger partial charge in [0.2, 0.25) is 0 Å². The lowest BCUT2D eigenvalue weighted by atomic mass is 9.94. The van der Waals surface area contributed by atoms with Crippen molar-refractivity contribution in [1.82, 2.24) is 20.0 Å². The standard InChI is InChI=1S/C31H42N4O2/c1-23(2)32-30(36)26-15-13-24(14-16-26)21-33-19-17-28(18-20-33)35-29(25-9-5-3-6-10-25)22-34(31(35)37)27-11-7-4-8-12-27/h3,5-6,9-10,13-16,23,27-29H,4,7-8,11-12,17-22H2,1-2H3,(H,32,36). The predicted molar refractivity (Wildman–Crippen MR) is 147 cm³/mol. The van der Waals surface area contributed by atoms with Gasteiger partial charge in [0.1, 0.15) is 0 Å². The highest BCUT2D eigenvalue weighted by molar-refractivity contribution is 5.94. The number of hydrogen-bond donors (Lipinski definition) is 1. The summed E-state index contributed by atoms with van der Waals surface area (Å²) in [6, 6.07) is 19.9. The Balaban J connectivity index is 1.22. The highest BCUT2D eigenvalue weighted by Crippen LogP contribution is 2.38. The summed E-state index contributed by atoms with van der Waals surface area (Å²) >= 11 is 0. The Morgan fingerprint density at radius 3 is 2.22 bits per heavy atom. The van der Waals surface area contributed by atoms with E-state index in [1.54, 1.807) is 0 Å². The third-order valence-electron chi connectivity index (χ3n) is 8.36. The van der Waals surface area contributed by atoms with Crippen LogP contribution in [-0.2, 0) is 6.54 Å². The Kier molecular flexibility index (Phi) is 8.14. The number of hydrogen-bond acceptors (Lipinski definition) is 3. The van der Waals surface area contributed by atoms with Crippen LogP contribution in [0.2, 0.25) is 0 Å². The highest BCUT2D eigenvalue weighted by atomic mass is 16.2. The summed E-state index contributed by atoms with van der Waals surface area (Å²) in [5.74, 6) is -0.0205. The molecular formula is C31H42N4O2. The summed E-state index contributed by atoms with van der Waals surface area (Å²) in [5.41, 5.74) is 3.19. The topological polar surface area (TPSA) is 55.9 Å². The molecule has 6 nitrogen and oxygen atoms in total. The average Bonchev–Trinajstić information content (AvgIpc) is 3.27. The van der Waals surface area contributed by atoms with Crippen molar-refractivity contribution in [2.75, 3.05) is 19.6 Å². The van der Waals surface area contributed by atoms with Crippen molar-refractivity contribution in [3.63, 3.8) is 0 Å². The maximum absolute atomic E-state index is 13.8. The van der Waals surface area contributed by atoms with Gasteiger partial charge in [-0.3, -0.25) is 9.69 Å². The molecule has 1 saturated carbocycles. The van der Waals surface area contributed by atoms with E-state index in [1.807, 2.05) is 26.0 Å². The molecule has 1 atom stereocenters. The smallest absolute Gasteiger partial charge is 0.321 e. The summed E-state index contributed by atoms with van der Waals surface area (Å²) in [5, 5.41) is 2.95. The molecule has 0 spiro atoms. The first-order valence-electron chi connectivity index (χ1n) is 14.3. The number of rotatable bonds is 7. The molecular weight excluding hydrogens is 460 g/mol. The molecule has 1 unspecified atom stereocenters. The van der Waals surface area contributed by atoms with E-state index in [1.165, 1.54) is 30.4 Å². The van der Waals surface area contributed by atoms with E-state index in [0.29, 0.717) is 11.6 Å². The number of carbonyl (C=O) groups excluding carboxylic acids is 2. The number of amides is 3. The van der Waals surface area contributed by atoms with Gasteiger partial charge in [0, 0.05) is 49.9 Å². The van der Waals surface area contributed by atoms with Crippen molar-refractivity contribution in [2.24, 2.45) is 0 Å². The molecule has 2 aromatic rings. The normalized spacial score (nSPS) is 22.1. The Morgan fingerprint density at radius 2 is 1.57 bits per heavy atom. The van der Waals surface area contributed by atoms with Crippen LogP contribution >= 0.6 is 0 Å². The third-order valence-corrected chi connectivity index (χ3v) is 8.36. The number of benzene rings is 2. The van der Waals surface area contributed by atoms with E-state index >= 15 is 0 Å². The molecule has 3 aliphatic rings. The van der Waals surface area contributed by atoms with Gasteiger partial charge >= 0.3 is 6.03 Å². The maximum atomic E-state index is 13.8. The van der Waals surface area contributed by atoms with E-state index in [0.717, 1.165) is 51.9 Å². The van der Waals surface area contributed by atoms with Gasteiger partial charge < -0.3 is 15.1 Å². The first-order chi connectivity index (χ1) is 18.0. The fraction of sp³-hybridized carbons (Fsp3) is 0.548. The summed E-state index contributed by atoms with van der Waals surface area (Å²) in [6.07, 6.45) is 8.09. The average molecular weight is 503 g/mol. The molecule has 2 aromatic carbocycles. The van der Waals surface area contributed by atoms with Crippen LogP contribution in [0.5, 0.6) is 0 Å². The summed E-state index contributed by atoms with van der Waals surface area (Å²) in [6.45, 7) is 7.61. The number of likely N-dealkylation sites (tertiary alicyclic amines) is 1. The first-order valence-corrected chi connectivity index (χ1v) is 14.3.